The van der Waals surface area contributed by atoms with Gasteiger partial charge in [-0.1, -0.05) is 29.8 Å². The Bertz CT molecular complexity index is 896. The SMILES string of the molecule is COc1ccc(C)cc1CCNC(=O)N[C@@H](C)c1ccc(S(N)(=O)=O)cc1. The fourth-order valence-corrected chi connectivity index (χ4v) is 3.21. The van der Waals surface area contributed by atoms with Gasteiger partial charge in [-0.25, -0.2) is 18.4 Å². The number of rotatable bonds is 7. The minimum absolute atomic E-state index is 0.0370. The number of primary sulfonamides is 1. The molecule has 0 aromatic heterocycles. The van der Waals surface area contributed by atoms with Crippen molar-refractivity contribution in [3.8, 4) is 5.75 Å². The summed E-state index contributed by atoms with van der Waals surface area (Å²) in [5, 5.41) is 10.7. The van der Waals surface area contributed by atoms with Gasteiger partial charge in [0.05, 0.1) is 18.0 Å². The number of carbonyl (C=O) groups excluding carboxylic acids is 1. The third-order valence-electron chi connectivity index (χ3n) is 4.17. The van der Waals surface area contributed by atoms with Crippen LogP contribution in [0.25, 0.3) is 0 Å². The van der Waals surface area contributed by atoms with E-state index in [2.05, 4.69) is 10.6 Å². The van der Waals surface area contributed by atoms with Crippen molar-refractivity contribution in [3.63, 3.8) is 0 Å². The van der Waals surface area contributed by atoms with Crippen LogP contribution in [0.15, 0.2) is 47.4 Å². The standard InChI is InChI=1S/C19H25N3O4S/c1-13-4-9-18(26-3)16(12-13)10-11-21-19(23)22-14(2)15-5-7-17(8-6-15)27(20,24)25/h4-9,12,14H,10-11H2,1-3H3,(H2,20,24,25)(H2,21,22,23)/t14-/m0/s1. The zero-order chi connectivity index (χ0) is 20.0. The van der Waals surface area contributed by atoms with Gasteiger partial charge < -0.3 is 15.4 Å². The van der Waals surface area contributed by atoms with E-state index in [1.54, 1.807) is 19.2 Å². The van der Waals surface area contributed by atoms with Crippen molar-refractivity contribution < 1.29 is 17.9 Å². The second-order valence-corrected chi connectivity index (χ2v) is 7.86. The Labute approximate surface area is 160 Å². The number of carbonyl (C=O) groups is 1. The molecule has 0 aliphatic heterocycles. The van der Waals surface area contributed by atoms with E-state index in [0.29, 0.717) is 13.0 Å². The summed E-state index contributed by atoms with van der Waals surface area (Å²) in [5.74, 6) is 0.797. The lowest BCUT2D eigenvalue weighted by Crippen LogP contribution is -2.38. The maximum Gasteiger partial charge on any atom is 0.315 e. The van der Waals surface area contributed by atoms with Crippen LogP contribution in [-0.4, -0.2) is 28.1 Å². The molecule has 1 atom stereocenters. The molecule has 0 aliphatic carbocycles. The van der Waals surface area contributed by atoms with Crippen LogP contribution in [0, 0.1) is 6.92 Å². The molecule has 2 aromatic carbocycles. The summed E-state index contributed by atoms with van der Waals surface area (Å²) >= 11 is 0. The molecule has 0 spiro atoms. The van der Waals surface area contributed by atoms with Gasteiger partial charge in [0.25, 0.3) is 0 Å². The molecule has 0 saturated carbocycles. The summed E-state index contributed by atoms with van der Waals surface area (Å²) in [7, 11) is -2.10. The van der Waals surface area contributed by atoms with Gasteiger partial charge in [-0.3, -0.25) is 0 Å². The zero-order valence-corrected chi connectivity index (χ0v) is 16.5. The van der Waals surface area contributed by atoms with Crippen LogP contribution in [0.2, 0.25) is 0 Å². The first-order valence-corrected chi connectivity index (χ1v) is 10.1. The Morgan fingerprint density at radius 2 is 1.85 bits per heavy atom. The highest BCUT2D eigenvalue weighted by Crippen LogP contribution is 2.20. The molecule has 4 N–H and O–H groups in total. The van der Waals surface area contributed by atoms with Gasteiger partial charge in [-0.15, -0.1) is 0 Å². The summed E-state index contributed by atoms with van der Waals surface area (Å²) < 4.78 is 27.9. The van der Waals surface area contributed by atoms with Crippen LogP contribution in [0.4, 0.5) is 4.79 Å². The Morgan fingerprint density at radius 1 is 1.19 bits per heavy atom. The molecule has 0 aliphatic rings. The molecule has 0 heterocycles. The maximum absolute atomic E-state index is 12.1. The Morgan fingerprint density at radius 3 is 2.44 bits per heavy atom. The van der Waals surface area contributed by atoms with Gasteiger partial charge >= 0.3 is 6.03 Å². The zero-order valence-electron chi connectivity index (χ0n) is 15.7. The highest BCUT2D eigenvalue weighted by molar-refractivity contribution is 7.89. The van der Waals surface area contributed by atoms with Crippen molar-refractivity contribution in [1.29, 1.82) is 0 Å². The van der Waals surface area contributed by atoms with Gasteiger partial charge in [-0.2, -0.15) is 0 Å². The number of ether oxygens (including phenoxy) is 1. The Kier molecular flexibility index (Phi) is 6.81. The molecule has 2 aromatic rings. The van der Waals surface area contributed by atoms with Gasteiger partial charge in [0.1, 0.15) is 5.75 Å². The topological polar surface area (TPSA) is 111 Å². The molecule has 0 radical (unpaired) electrons. The van der Waals surface area contributed by atoms with Crippen LogP contribution >= 0.6 is 0 Å². The maximum atomic E-state index is 12.1. The second-order valence-electron chi connectivity index (χ2n) is 6.30. The minimum atomic E-state index is -3.73. The largest absolute Gasteiger partial charge is 0.496 e. The molecule has 27 heavy (non-hydrogen) atoms. The lowest BCUT2D eigenvalue weighted by atomic mass is 10.1. The summed E-state index contributed by atoms with van der Waals surface area (Å²) in [4.78, 5) is 12.1. The predicted molar refractivity (Wildman–Crippen MR) is 104 cm³/mol. The third-order valence-corrected chi connectivity index (χ3v) is 5.10. The number of sulfonamides is 1. The lowest BCUT2D eigenvalue weighted by Gasteiger charge is -2.16. The summed E-state index contributed by atoms with van der Waals surface area (Å²) in [6.45, 7) is 4.28. The fraction of sp³-hybridized carbons (Fsp3) is 0.316. The lowest BCUT2D eigenvalue weighted by molar-refractivity contribution is 0.238. The molecule has 0 fully saturated rings. The van der Waals surface area contributed by atoms with Crippen molar-refractivity contribution in [2.45, 2.75) is 31.2 Å². The van der Waals surface area contributed by atoms with Crippen LogP contribution < -0.4 is 20.5 Å². The van der Waals surface area contributed by atoms with Gasteiger partial charge in [-0.05, 0) is 49.6 Å². The molecule has 0 unspecified atom stereocenters. The van der Waals surface area contributed by atoms with E-state index in [1.165, 1.54) is 12.1 Å². The summed E-state index contributed by atoms with van der Waals surface area (Å²) in [6, 6.07) is 11.4. The van der Waals surface area contributed by atoms with Gasteiger partial charge in [0.15, 0.2) is 0 Å². The van der Waals surface area contributed by atoms with Gasteiger partial charge in [0.2, 0.25) is 10.0 Å². The van der Waals surface area contributed by atoms with Crippen molar-refractivity contribution in [2.75, 3.05) is 13.7 Å². The Hall–Kier alpha value is -2.58. The molecule has 7 nitrogen and oxygen atoms in total. The molecule has 0 bridgehead atoms. The monoisotopic (exact) mass is 391 g/mol. The predicted octanol–water partition coefficient (Wildman–Crippen LogP) is 2.25. The number of hydrogen-bond donors (Lipinski definition) is 3. The van der Waals surface area contributed by atoms with E-state index in [1.807, 2.05) is 32.0 Å². The molecule has 2 rings (SSSR count). The fourth-order valence-electron chi connectivity index (χ4n) is 2.69. The number of methoxy groups -OCH3 is 1. The first-order valence-electron chi connectivity index (χ1n) is 8.51. The van der Waals surface area contributed by atoms with E-state index in [-0.39, 0.29) is 17.0 Å². The van der Waals surface area contributed by atoms with Crippen LogP contribution in [-0.2, 0) is 16.4 Å². The Balaban J connectivity index is 1.87. The van der Waals surface area contributed by atoms with Crippen LogP contribution in [0.5, 0.6) is 5.75 Å². The van der Waals surface area contributed by atoms with Crippen molar-refractivity contribution in [1.82, 2.24) is 10.6 Å². The molecule has 2 amide bonds. The van der Waals surface area contributed by atoms with Crippen LogP contribution in [0.3, 0.4) is 0 Å². The van der Waals surface area contributed by atoms with Crippen LogP contribution in [0.1, 0.15) is 29.7 Å². The third kappa shape index (κ3) is 5.97. The average Bonchev–Trinajstić information content (AvgIpc) is 2.61. The number of nitrogens with one attached hydrogen (secondary N) is 2. The smallest absolute Gasteiger partial charge is 0.315 e. The van der Waals surface area contributed by atoms with E-state index in [0.717, 1.165) is 22.4 Å². The number of benzene rings is 2. The molecular formula is C19H25N3O4S. The first kappa shape index (κ1) is 20.7. The number of aryl methyl sites for hydroxylation is 1. The molecule has 146 valence electrons. The molecule has 0 saturated heterocycles. The summed E-state index contributed by atoms with van der Waals surface area (Å²) in [6.07, 6.45) is 0.649. The van der Waals surface area contributed by atoms with Crippen molar-refractivity contribution >= 4 is 16.1 Å². The first-order chi connectivity index (χ1) is 12.7. The van der Waals surface area contributed by atoms with E-state index >= 15 is 0 Å². The normalized spacial score (nSPS) is 12.3. The van der Waals surface area contributed by atoms with E-state index in [9.17, 15) is 13.2 Å². The van der Waals surface area contributed by atoms with E-state index < -0.39 is 10.0 Å². The highest BCUT2D eigenvalue weighted by atomic mass is 32.2. The van der Waals surface area contributed by atoms with Crippen molar-refractivity contribution in [2.24, 2.45) is 5.14 Å². The number of hydrogen-bond acceptors (Lipinski definition) is 4. The minimum Gasteiger partial charge on any atom is -0.496 e. The second kappa shape index (κ2) is 8.88. The molecular weight excluding hydrogens is 366 g/mol. The van der Waals surface area contributed by atoms with Gasteiger partial charge in [0, 0.05) is 6.54 Å². The quantitative estimate of drug-likeness (QED) is 0.672. The molecule has 8 heteroatoms. The number of urea groups is 1. The summed E-state index contributed by atoms with van der Waals surface area (Å²) in [5.41, 5.74) is 2.94. The highest BCUT2D eigenvalue weighted by Gasteiger charge is 2.12. The van der Waals surface area contributed by atoms with Crippen molar-refractivity contribution in [3.05, 3.63) is 59.2 Å². The van der Waals surface area contributed by atoms with E-state index in [4.69, 9.17) is 9.88 Å². The average molecular weight is 391 g/mol. The number of amides is 2. The number of nitrogens with two attached hydrogens (primary N) is 1.